The van der Waals surface area contributed by atoms with E-state index in [1.807, 2.05) is 39.0 Å². The molecule has 1 aromatic heterocycles. The summed E-state index contributed by atoms with van der Waals surface area (Å²) in [4.78, 5) is 0. The maximum absolute atomic E-state index is 6.60. The first-order valence-electron chi connectivity index (χ1n) is 6.85. The molecule has 2 aromatic rings. The van der Waals surface area contributed by atoms with E-state index in [4.69, 9.17) is 25.5 Å². The highest BCUT2D eigenvalue weighted by Gasteiger charge is 2.21. The van der Waals surface area contributed by atoms with Gasteiger partial charge in [-0.05, 0) is 44.5 Å². The zero-order valence-corrected chi connectivity index (χ0v) is 14.6. The lowest BCUT2D eigenvalue weighted by molar-refractivity contribution is 0.287. The first kappa shape index (κ1) is 16.2. The van der Waals surface area contributed by atoms with Gasteiger partial charge in [0.2, 0.25) is 0 Å². The van der Waals surface area contributed by atoms with E-state index in [9.17, 15) is 0 Å². The smallest absolute Gasteiger partial charge is 0.162 e. The Kier molecular flexibility index (Phi) is 5.59. The fraction of sp³-hybridized carbons (Fsp3) is 0.375. The van der Waals surface area contributed by atoms with E-state index < -0.39 is 0 Å². The van der Waals surface area contributed by atoms with E-state index in [1.165, 1.54) is 0 Å². The van der Waals surface area contributed by atoms with Crippen molar-refractivity contribution in [3.05, 3.63) is 45.8 Å². The maximum atomic E-state index is 6.60. The highest BCUT2D eigenvalue weighted by molar-refractivity contribution is 9.10. The molecule has 0 saturated carbocycles. The van der Waals surface area contributed by atoms with Crippen LogP contribution in [0.2, 0.25) is 0 Å². The van der Waals surface area contributed by atoms with Crippen LogP contribution in [-0.4, -0.2) is 13.2 Å². The highest BCUT2D eigenvalue weighted by atomic mass is 79.9. The van der Waals surface area contributed by atoms with Crippen LogP contribution >= 0.6 is 27.5 Å². The lowest BCUT2D eigenvalue weighted by atomic mass is 10.0. The Labute approximate surface area is 138 Å². The molecule has 1 atom stereocenters. The number of benzene rings is 1. The van der Waals surface area contributed by atoms with Crippen LogP contribution < -0.4 is 9.47 Å². The molecular formula is C16H18BrClO3. The van der Waals surface area contributed by atoms with E-state index in [2.05, 4.69) is 15.9 Å². The average Bonchev–Trinajstić information content (AvgIpc) is 2.87. The molecule has 114 valence electrons. The van der Waals surface area contributed by atoms with Crippen molar-refractivity contribution in [3.8, 4) is 11.5 Å². The number of furan rings is 1. The molecule has 0 spiro atoms. The minimum absolute atomic E-state index is 0.312. The predicted octanol–water partition coefficient (Wildman–Crippen LogP) is 5.48. The van der Waals surface area contributed by atoms with Crippen LogP contribution in [0.1, 0.15) is 36.1 Å². The molecule has 0 amide bonds. The minimum Gasteiger partial charge on any atom is -0.490 e. The summed E-state index contributed by atoms with van der Waals surface area (Å²) in [5.74, 6) is 2.22. The summed E-state index contributed by atoms with van der Waals surface area (Å²) in [5.41, 5.74) is 1.87. The topological polar surface area (TPSA) is 31.6 Å². The molecule has 0 fully saturated rings. The zero-order chi connectivity index (χ0) is 15.4. The van der Waals surface area contributed by atoms with E-state index in [0.717, 1.165) is 21.4 Å². The van der Waals surface area contributed by atoms with Gasteiger partial charge in [0, 0.05) is 10.0 Å². The fourth-order valence-corrected chi connectivity index (χ4v) is 3.20. The molecule has 1 unspecified atom stereocenters. The van der Waals surface area contributed by atoms with Gasteiger partial charge >= 0.3 is 0 Å². The molecule has 0 radical (unpaired) electrons. The summed E-state index contributed by atoms with van der Waals surface area (Å²) in [6.07, 6.45) is 1.64. The van der Waals surface area contributed by atoms with Crippen LogP contribution in [0.15, 0.2) is 33.4 Å². The standard InChI is InChI=1S/C16H18BrClO3/c1-4-19-14-8-12(13(17)9-15(14)20-5-2)16(18)11-6-7-21-10(11)3/h6-9,16H,4-5H2,1-3H3. The molecule has 21 heavy (non-hydrogen) atoms. The van der Waals surface area contributed by atoms with Gasteiger partial charge in [0.05, 0.1) is 24.9 Å². The highest BCUT2D eigenvalue weighted by Crippen LogP contribution is 2.41. The summed E-state index contributed by atoms with van der Waals surface area (Å²) in [7, 11) is 0. The molecule has 0 N–H and O–H groups in total. The Morgan fingerprint density at radius 3 is 2.29 bits per heavy atom. The number of hydrogen-bond donors (Lipinski definition) is 0. The number of rotatable bonds is 6. The van der Waals surface area contributed by atoms with Gasteiger partial charge in [0.1, 0.15) is 5.76 Å². The summed E-state index contributed by atoms with van der Waals surface area (Å²) in [6.45, 7) is 6.93. The van der Waals surface area contributed by atoms with Gasteiger partial charge in [0.15, 0.2) is 11.5 Å². The third-order valence-electron chi connectivity index (χ3n) is 3.11. The van der Waals surface area contributed by atoms with Crippen LogP contribution in [-0.2, 0) is 0 Å². The minimum atomic E-state index is -0.312. The zero-order valence-electron chi connectivity index (χ0n) is 12.3. The largest absolute Gasteiger partial charge is 0.490 e. The second-order valence-electron chi connectivity index (χ2n) is 4.48. The predicted molar refractivity (Wildman–Crippen MR) is 87.6 cm³/mol. The summed E-state index contributed by atoms with van der Waals surface area (Å²) >= 11 is 10.2. The Bertz CT molecular complexity index is 610. The van der Waals surface area contributed by atoms with Gasteiger partial charge in [-0.1, -0.05) is 15.9 Å². The summed E-state index contributed by atoms with van der Waals surface area (Å²) < 4.78 is 17.5. The van der Waals surface area contributed by atoms with Gasteiger partial charge in [0.25, 0.3) is 0 Å². The maximum Gasteiger partial charge on any atom is 0.162 e. The fourth-order valence-electron chi connectivity index (χ4n) is 2.11. The van der Waals surface area contributed by atoms with Gasteiger partial charge in [-0.25, -0.2) is 0 Å². The van der Waals surface area contributed by atoms with E-state index in [-0.39, 0.29) is 5.38 Å². The van der Waals surface area contributed by atoms with Crippen LogP contribution in [0, 0.1) is 6.92 Å². The molecule has 0 aliphatic rings. The molecule has 0 bridgehead atoms. The van der Waals surface area contributed by atoms with E-state index in [1.54, 1.807) is 6.26 Å². The third kappa shape index (κ3) is 3.55. The molecule has 1 aromatic carbocycles. The summed E-state index contributed by atoms with van der Waals surface area (Å²) in [5, 5.41) is -0.312. The first-order valence-corrected chi connectivity index (χ1v) is 8.08. The molecule has 2 rings (SSSR count). The van der Waals surface area contributed by atoms with Crippen molar-refractivity contribution in [2.24, 2.45) is 0 Å². The molecule has 0 aliphatic carbocycles. The monoisotopic (exact) mass is 372 g/mol. The Hall–Kier alpha value is -1.13. The van der Waals surface area contributed by atoms with Crippen molar-refractivity contribution in [2.45, 2.75) is 26.1 Å². The van der Waals surface area contributed by atoms with Crippen LogP contribution in [0.4, 0.5) is 0 Å². The van der Waals surface area contributed by atoms with Crippen molar-refractivity contribution in [2.75, 3.05) is 13.2 Å². The van der Waals surface area contributed by atoms with Gasteiger partial charge < -0.3 is 13.9 Å². The number of aryl methyl sites for hydroxylation is 1. The molecule has 0 aliphatic heterocycles. The number of hydrogen-bond acceptors (Lipinski definition) is 3. The van der Waals surface area contributed by atoms with E-state index in [0.29, 0.717) is 24.7 Å². The van der Waals surface area contributed by atoms with Crippen LogP contribution in [0.25, 0.3) is 0 Å². The Balaban J connectivity index is 2.44. The quantitative estimate of drug-likeness (QED) is 0.629. The first-order chi connectivity index (χ1) is 10.1. The van der Waals surface area contributed by atoms with Crippen molar-refractivity contribution >= 4 is 27.5 Å². The normalized spacial score (nSPS) is 12.2. The van der Waals surface area contributed by atoms with Crippen molar-refractivity contribution < 1.29 is 13.9 Å². The van der Waals surface area contributed by atoms with Gasteiger partial charge in [-0.15, -0.1) is 11.6 Å². The lowest BCUT2D eigenvalue weighted by Gasteiger charge is -2.17. The summed E-state index contributed by atoms with van der Waals surface area (Å²) in [6, 6.07) is 5.70. The van der Waals surface area contributed by atoms with E-state index >= 15 is 0 Å². The van der Waals surface area contributed by atoms with Crippen molar-refractivity contribution in [3.63, 3.8) is 0 Å². The molecule has 0 saturated heterocycles. The molecule has 3 nitrogen and oxygen atoms in total. The van der Waals surface area contributed by atoms with Crippen molar-refractivity contribution in [1.29, 1.82) is 0 Å². The Morgan fingerprint density at radius 1 is 1.14 bits per heavy atom. The third-order valence-corrected chi connectivity index (χ3v) is 4.26. The van der Waals surface area contributed by atoms with Crippen molar-refractivity contribution in [1.82, 2.24) is 0 Å². The van der Waals surface area contributed by atoms with Gasteiger partial charge in [-0.3, -0.25) is 0 Å². The van der Waals surface area contributed by atoms with Crippen LogP contribution in [0.5, 0.6) is 11.5 Å². The number of alkyl halides is 1. The SMILES string of the molecule is CCOc1cc(Br)c(C(Cl)c2ccoc2C)cc1OCC. The average molecular weight is 374 g/mol. The molecule has 5 heteroatoms. The lowest BCUT2D eigenvalue weighted by Crippen LogP contribution is -2.02. The number of halogens is 2. The van der Waals surface area contributed by atoms with Crippen LogP contribution in [0.3, 0.4) is 0 Å². The molecular weight excluding hydrogens is 356 g/mol. The second-order valence-corrected chi connectivity index (χ2v) is 5.77. The second kappa shape index (κ2) is 7.23. The molecule has 1 heterocycles. The Morgan fingerprint density at radius 2 is 1.76 bits per heavy atom. The van der Waals surface area contributed by atoms with Gasteiger partial charge in [-0.2, -0.15) is 0 Å². The number of ether oxygens (including phenoxy) is 2.